The summed E-state index contributed by atoms with van der Waals surface area (Å²) in [7, 11) is 0. The van der Waals surface area contributed by atoms with Crippen LogP contribution < -0.4 is 4.74 Å². The van der Waals surface area contributed by atoms with Crippen molar-refractivity contribution in [1.82, 2.24) is 0 Å². The minimum Gasteiger partial charge on any atom is -0.490 e. The van der Waals surface area contributed by atoms with Crippen molar-refractivity contribution in [2.24, 2.45) is 0 Å². The predicted octanol–water partition coefficient (Wildman–Crippen LogP) is 3.71. The highest BCUT2D eigenvalue weighted by Gasteiger charge is 2.24. The Hall–Kier alpha value is -1.02. The Kier molecular flexibility index (Phi) is 4.87. The van der Waals surface area contributed by atoms with E-state index in [0.717, 1.165) is 38.0 Å². The summed E-state index contributed by atoms with van der Waals surface area (Å²) >= 11 is 0. The summed E-state index contributed by atoms with van der Waals surface area (Å²) in [6.45, 7) is 10.5. The third kappa shape index (κ3) is 3.11. The van der Waals surface area contributed by atoms with Crippen LogP contribution in [0.3, 0.4) is 0 Å². The zero-order valence-electron chi connectivity index (χ0n) is 12.7. The molecule has 1 heterocycles. The molecule has 0 bridgehead atoms. The average Bonchev–Trinajstić information content (AvgIpc) is 3.26. The van der Waals surface area contributed by atoms with Gasteiger partial charge in [-0.3, -0.25) is 0 Å². The van der Waals surface area contributed by atoms with Gasteiger partial charge in [0.15, 0.2) is 0 Å². The van der Waals surface area contributed by atoms with Crippen molar-refractivity contribution in [2.45, 2.75) is 59.5 Å². The topological polar surface area (TPSA) is 21.8 Å². The van der Waals surface area contributed by atoms with Gasteiger partial charge in [-0.1, -0.05) is 27.7 Å². The van der Waals surface area contributed by atoms with Crippen LogP contribution in [0.1, 0.15) is 49.9 Å². The third-order valence-corrected chi connectivity index (χ3v) is 3.99. The first kappa shape index (κ1) is 14.4. The Labute approximate surface area is 117 Å². The van der Waals surface area contributed by atoms with Crippen LogP contribution in [0.5, 0.6) is 5.75 Å². The summed E-state index contributed by atoms with van der Waals surface area (Å²) in [5, 5.41) is 0. The fraction of sp³-hybridized carbons (Fsp3) is 0.647. The second-order valence-electron chi connectivity index (χ2n) is 5.15. The zero-order valence-corrected chi connectivity index (χ0v) is 12.7. The Balaban J connectivity index is 2.38. The van der Waals surface area contributed by atoms with E-state index in [1.54, 1.807) is 0 Å². The molecule has 0 aliphatic carbocycles. The van der Waals surface area contributed by atoms with Crippen molar-refractivity contribution in [3.05, 3.63) is 28.3 Å². The van der Waals surface area contributed by atoms with Crippen molar-refractivity contribution in [1.29, 1.82) is 0 Å². The predicted molar refractivity (Wildman–Crippen MR) is 79.2 cm³/mol. The van der Waals surface area contributed by atoms with Crippen molar-refractivity contribution in [2.75, 3.05) is 13.2 Å². The lowest BCUT2D eigenvalue weighted by atomic mass is 9.89. The molecule has 2 heteroatoms. The summed E-state index contributed by atoms with van der Waals surface area (Å²) in [5.74, 6) is 1.09. The van der Waals surface area contributed by atoms with E-state index in [-0.39, 0.29) is 0 Å². The molecule has 0 saturated carbocycles. The van der Waals surface area contributed by atoms with E-state index in [9.17, 15) is 0 Å². The second-order valence-corrected chi connectivity index (χ2v) is 5.15. The molecule has 0 spiro atoms. The lowest BCUT2D eigenvalue weighted by Crippen LogP contribution is -2.10. The smallest absolute Gasteiger partial charge is 0.123 e. The molecular weight excluding hydrogens is 236 g/mol. The molecule has 1 saturated heterocycles. The highest BCUT2D eigenvalue weighted by molar-refractivity contribution is 5.50. The molecule has 1 unspecified atom stereocenters. The van der Waals surface area contributed by atoms with Gasteiger partial charge in [0.25, 0.3) is 0 Å². The second kappa shape index (κ2) is 6.42. The lowest BCUT2D eigenvalue weighted by Gasteiger charge is -2.20. The maximum absolute atomic E-state index is 6.01. The highest BCUT2D eigenvalue weighted by Crippen LogP contribution is 2.31. The maximum atomic E-state index is 6.01. The van der Waals surface area contributed by atoms with Gasteiger partial charge in [0, 0.05) is 0 Å². The van der Waals surface area contributed by atoms with Crippen LogP contribution in [-0.2, 0) is 30.4 Å². The molecule has 1 aliphatic heterocycles. The molecule has 1 aliphatic rings. The SMILES string of the molecule is CCc1cc(OCC2CO2)c(CC)c(CC)c1CC. The number of aryl methyl sites for hydroxylation is 1. The van der Waals surface area contributed by atoms with Crippen LogP contribution in [0.4, 0.5) is 0 Å². The molecule has 1 aromatic rings. The van der Waals surface area contributed by atoms with Gasteiger partial charge in [-0.25, -0.2) is 0 Å². The fourth-order valence-corrected chi connectivity index (χ4v) is 2.90. The number of rotatable bonds is 7. The summed E-state index contributed by atoms with van der Waals surface area (Å²) in [6, 6.07) is 2.26. The van der Waals surface area contributed by atoms with Crippen LogP contribution in [0.2, 0.25) is 0 Å². The lowest BCUT2D eigenvalue weighted by molar-refractivity contribution is 0.260. The molecule has 2 nitrogen and oxygen atoms in total. The number of hydrogen-bond donors (Lipinski definition) is 0. The number of benzene rings is 1. The van der Waals surface area contributed by atoms with Gasteiger partial charge in [0.2, 0.25) is 0 Å². The molecule has 1 atom stereocenters. The van der Waals surface area contributed by atoms with Crippen LogP contribution in [0.25, 0.3) is 0 Å². The normalized spacial score (nSPS) is 17.6. The molecule has 0 radical (unpaired) electrons. The standard InChI is InChI=1S/C17H26O2/c1-5-12-9-17(19-11-13-10-18-13)16(8-4)15(7-3)14(12)6-2/h9,13H,5-8,10-11H2,1-4H3. The Morgan fingerprint density at radius 3 is 2.11 bits per heavy atom. The maximum Gasteiger partial charge on any atom is 0.123 e. The third-order valence-electron chi connectivity index (χ3n) is 3.99. The summed E-state index contributed by atoms with van der Waals surface area (Å²) < 4.78 is 11.2. The Bertz CT molecular complexity index is 433. The van der Waals surface area contributed by atoms with Crippen molar-refractivity contribution in [3.8, 4) is 5.75 Å². The largest absolute Gasteiger partial charge is 0.490 e. The van der Waals surface area contributed by atoms with Gasteiger partial charge in [0.05, 0.1) is 6.61 Å². The molecule has 1 aromatic carbocycles. The number of ether oxygens (including phenoxy) is 2. The average molecular weight is 262 g/mol. The minimum atomic E-state index is 0.325. The Morgan fingerprint density at radius 2 is 1.63 bits per heavy atom. The van der Waals surface area contributed by atoms with Crippen molar-refractivity contribution < 1.29 is 9.47 Å². The van der Waals surface area contributed by atoms with Gasteiger partial charge in [0.1, 0.15) is 18.5 Å². The van der Waals surface area contributed by atoms with Crippen molar-refractivity contribution >= 4 is 0 Å². The van der Waals surface area contributed by atoms with E-state index in [4.69, 9.17) is 9.47 Å². The zero-order chi connectivity index (χ0) is 13.8. The molecule has 0 N–H and O–H groups in total. The van der Waals surface area contributed by atoms with Gasteiger partial charge in [-0.05, 0) is 54.0 Å². The molecular formula is C17H26O2. The van der Waals surface area contributed by atoms with Gasteiger partial charge < -0.3 is 9.47 Å². The summed E-state index contributed by atoms with van der Waals surface area (Å²) in [4.78, 5) is 0. The number of hydrogen-bond acceptors (Lipinski definition) is 2. The quantitative estimate of drug-likeness (QED) is 0.699. The van der Waals surface area contributed by atoms with Gasteiger partial charge in [-0.15, -0.1) is 0 Å². The molecule has 106 valence electrons. The van der Waals surface area contributed by atoms with E-state index >= 15 is 0 Å². The fourth-order valence-electron chi connectivity index (χ4n) is 2.90. The molecule has 0 aromatic heterocycles. The van der Waals surface area contributed by atoms with E-state index in [0.29, 0.717) is 12.7 Å². The van der Waals surface area contributed by atoms with Gasteiger partial charge in [-0.2, -0.15) is 0 Å². The summed E-state index contributed by atoms with van der Waals surface area (Å²) in [5.41, 5.74) is 5.90. The van der Waals surface area contributed by atoms with E-state index in [1.807, 2.05) is 0 Å². The molecule has 19 heavy (non-hydrogen) atoms. The van der Waals surface area contributed by atoms with Crippen LogP contribution in [0.15, 0.2) is 6.07 Å². The first-order valence-corrected chi connectivity index (χ1v) is 7.65. The van der Waals surface area contributed by atoms with E-state index in [2.05, 4.69) is 33.8 Å². The molecule has 1 fully saturated rings. The minimum absolute atomic E-state index is 0.325. The Morgan fingerprint density at radius 1 is 1.00 bits per heavy atom. The van der Waals surface area contributed by atoms with Crippen LogP contribution in [-0.4, -0.2) is 19.3 Å². The van der Waals surface area contributed by atoms with E-state index < -0.39 is 0 Å². The molecule has 2 rings (SSSR count). The summed E-state index contributed by atoms with van der Waals surface area (Å²) in [6.07, 6.45) is 4.66. The van der Waals surface area contributed by atoms with E-state index in [1.165, 1.54) is 22.3 Å². The monoisotopic (exact) mass is 262 g/mol. The van der Waals surface area contributed by atoms with Crippen LogP contribution in [0, 0.1) is 0 Å². The first-order valence-electron chi connectivity index (χ1n) is 7.65. The van der Waals surface area contributed by atoms with Crippen molar-refractivity contribution in [3.63, 3.8) is 0 Å². The van der Waals surface area contributed by atoms with Gasteiger partial charge >= 0.3 is 0 Å². The molecule has 0 amide bonds. The number of epoxide rings is 1. The highest BCUT2D eigenvalue weighted by atomic mass is 16.6. The van der Waals surface area contributed by atoms with Crippen LogP contribution >= 0.6 is 0 Å². The first-order chi connectivity index (χ1) is 9.24.